The van der Waals surface area contributed by atoms with E-state index in [1.54, 1.807) is 0 Å². The van der Waals surface area contributed by atoms with Gasteiger partial charge in [0.15, 0.2) is 0 Å². The van der Waals surface area contributed by atoms with Crippen molar-refractivity contribution in [2.45, 2.75) is 32.6 Å². The summed E-state index contributed by atoms with van der Waals surface area (Å²) in [5.41, 5.74) is 1.62. The van der Waals surface area contributed by atoms with Gasteiger partial charge in [0.1, 0.15) is 0 Å². The van der Waals surface area contributed by atoms with E-state index >= 15 is 0 Å². The van der Waals surface area contributed by atoms with Gasteiger partial charge in [-0.2, -0.15) is 0 Å². The van der Waals surface area contributed by atoms with Gasteiger partial charge in [0.05, 0.1) is 12.0 Å². The van der Waals surface area contributed by atoms with Crippen molar-refractivity contribution in [2.24, 2.45) is 5.41 Å². The lowest BCUT2D eigenvalue weighted by atomic mass is 9.67. The monoisotopic (exact) mass is 322 g/mol. The van der Waals surface area contributed by atoms with Crippen LogP contribution in [0.2, 0.25) is 0 Å². The molecule has 2 rings (SSSR count). The Hall–Kier alpha value is -2.35. The summed E-state index contributed by atoms with van der Waals surface area (Å²) in [5, 5.41) is 0. The molecular weight excluding hydrogens is 296 g/mol. The number of carbonyl (C=O) groups is 1. The zero-order valence-corrected chi connectivity index (χ0v) is 14.6. The average molecular weight is 322 g/mol. The molecule has 0 N–H and O–H groups in total. The molecule has 2 atom stereocenters. The van der Waals surface area contributed by atoms with Gasteiger partial charge in [-0.15, -0.1) is 6.58 Å². The standard InChI is InChI=1S/C22H26O2/c1-4-16-22(21(23)24-5-2,17-19-12-8-6-9-13-19)18(3)20-14-10-7-11-15-20/h4,6-15,18H,1,5,16-17H2,2-3H3. The first-order valence-corrected chi connectivity index (χ1v) is 8.51. The normalized spacial score (nSPS) is 14.4. The van der Waals surface area contributed by atoms with Crippen LogP contribution >= 0.6 is 0 Å². The smallest absolute Gasteiger partial charge is 0.313 e. The van der Waals surface area contributed by atoms with E-state index in [9.17, 15) is 4.79 Å². The molecule has 0 heterocycles. The van der Waals surface area contributed by atoms with E-state index in [2.05, 4.69) is 37.8 Å². The van der Waals surface area contributed by atoms with Crippen molar-refractivity contribution in [1.82, 2.24) is 0 Å². The van der Waals surface area contributed by atoms with Gasteiger partial charge >= 0.3 is 5.97 Å². The highest BCUT2D eigenvalue weighted by atomic mass is 16.5. The van der Waals surface area contributed by atoms with E-state index in [1.165, 1.54) is 0 Å². The van der Waals surface area contributed by atoms with Crippen LogP contribution in [0.3, 0.4) is 0 Å². The van der Waals surface area contributed by atoms with Gasteiger partial charge in [0, 0.05) is 0 Å². The van der Waals surface area contributed by atoms with E-state index in [0.29, 0.717) is 19.4 Å². The maximum Gasteiger partial charge on any atom is 0.313 e. The number of hydrogen-bond acceptors (Lipinski definition) is 2. The van der Waals surface area contributed by atoms with Crippen LogP contribution in [-0.4, -0.2) is 12.6 Å². The van der Waals surface area contributed by atoms with Gasteiger partial charge in [0.25, 0.3) is 0 Å². The highest BCUT2D eigenvalue weighted by Gasteiger charge is 2.44. The molecule has 2 heteroatoms. The molecule has 126 valence electrons. The van der Waals surface area contributed by atoms with Gasteiger partial charge < -0.3 is 4.74 Å². The van der Waals surface area contributed by atoms with Crippen molar-refractivity contribution >= 4 is 5.97 Å². The molecule has 0 aliphatic rings. The van der Waals surface area contributed by atoms with Crippen LogP contribution in [0.25, 0.3) is 0 Å². The number of rotatable bonds is 8. The summed E-state index contributed by atoms with van der Waals surface area (Å²) >= 11 is 0. The number of allylic oxidation sites excluding steroid dienone is 1. The number of esters is 1. The molecule has 0 fully saturated rings. The van der Waals surface area contributed by atoms with Crippen LogP contribution in [0.15, 0.2) is 73.3 Å². The second kappa shape index (κ2) is 8.49. The Labute approximate surface area is 145 Å². The van der Waals surface area contributed by atoms with Gasteiger partial charge in [-0.25, -0.2) is 0 Å². The molecule has 2 unspecified atom stereocenters. The summed E-state index contributed by atoms with van der Waals surface area (Å²) in [7, 11) is 0. The summed E-state index contributed by atoms with van der Waals surface area (Å²) in [6.07, 6.45) is 3.05. The quantitative estimate of drug-likeness (QED) is 0.496. The van der Waals surface area contributed by atoms with Crippen LogP contribution in [0.1, 0.15) is 37.3 Å². The summed E-state index contributed by atoms with van der Waals surface area (Å²) in [4.78, 5) is 13.0. The molecule has 2 aromatic carbocycles. The Morgan fingerprint density at radius 2 is 1.71 bits per heavy atom. The third-order valence-corrected chi connectivity index (χ3v) is 4.68. The summed E-state index contributed by atoms with van der Waals surface area (Å²) < 4.78 is 5.49. The lowest BCUT2D eigenvalue weighted by Gasteiger charge is -2.36. The van der Waals surface area contributed by atoms with Crippen LogP contribution in [0.5, 0.6) is 0 Å². The second-order valence-electron chi connectivity index (χ2n) is 6.16. The summed E-state index contributed by atoms with van der Waals surface area (Å²) in [5.74, 6) is -0.124. The SMILES string of the molecule is C=CCC(Cc1ccccc1)(C(=O)OCC)C(C)c1ccccc1. The molecule has 0 saturated carbocycles. The molecule has 24 heavy (non-hydrogen) atoms. The first kappa shape index (κ1) is 18.0. The van der Waals surface area contributed by atoms with Gasteiger partial charge in [-0.1, -0.05) is 73.7 Å². The Balaban J connectivity index is 2.48. The number of ether oxygens (including phenoxy) is 1. The van der Waals surface area contributed by atoms with Crippen LogP contribution in [0.4, 0.5) is 0 Å². The molecule has 0 radical (unpaired) electrons. The molecule has 0 bridgehead atoms. The van der Waals surface area contributed by atoms with Gasteiger partial charge in [-0.3, -0.25) is 4.79 Å². The minimum atomic E-state index is -0.652. The zero-order chi connectivity index (χ0) is 17.4. The first-order chi connectivity index (χ1) is 11.6. The topological polar surface area (TPSA) is 26.3 Å². The Morgan fingerprint density at radius 3 is 2.25 bits per heavy atom. The predicted molar refractivity (Wildman–Crippen MR) is 98.9 cm³/mol. The van der Waals surface area contributed by atoms with Crippen molar-refractivity contribution in [2.75, 3.05) is 6.61 Å². The molecule has 2 nitrogen and oxygen atoms in total. The average Bonchev–Trinajstić information content (AvgIpc) is 2.62. The zero-order valence-electron chi connectivity index (χ0n) is 14.6. The lowest BCUT2D eigenvalue weighted by molar-refractivity contribution is -0.156. The largest absolute Gasteiger partial charge is 0.466 e. The fourth-order valence-corrected chi connectivity index (χ4v) is 3.29. The van der Waals surface area contributed by atoms with Gasteiger partial charge in [0.2, 0.25) is 0 Å². The molecule has 0 saturated heterocycles. The van der Waals surface area contributed by atoms with E-state index in [0.717, 1.165) is 11.1 Å². The molecule has 0 aromatic heterocycles. The minimum absolute atomic E-state index is 0.0240. The van der Waals surface area contributed by atoms with Crippen LogP contribution in [0, 0.1) is 5.41 Å². The third-order valence-electron chi connectivity index (χ3n) is 4.68. The molecular formula is C22H26O2. The van der Waals surface area contributed by atoms with E-state index in [4.69, 9.17) is 4.74 Å². The van der Waals surface area contributed by atoms with Crippen molar-refractivity contribution in [3.63, 3.8) is 0 Å². The summed E-state index contributed by atoms with van der Waals surface area (Å²) in [6, 6.07) is 20.3. The fraction of sp³-hybridized carbons (Fsp3) is 0.318. The maximum absolute atomic E-state index is 13.0. The molecule has 0 aliphatic heterocycles. The second-order valence-corrected chi connectivity index (χ2v) is 6.16. The molecule has 2 aromatic rings. The number of benzene rings is 2. The summed E-state index contributed by atoms with van der Waals surface area (Å²) in [6.45, 7) is 8.24. The minimum Gasteiger partial charge on any atom is -0.466 e. The Kier molecular flexibility index (Phi) is 6.36. The maximum atomic E-state index is 13.0. The van der Waals surface area contributed by atoms with Crippen molar-refractivity contribution < 1.29 is 9.53 Å². The molecule has 0 aliphatic carbocycles. The fourth-order valence-electron chi connectivity index (χ4n) is 3.29. The predicted octanol–water partition coefficient (Wildman–Crippen LogP) is 5.16. The van der Waals surface area contributed by atoms with Gasteiger partial charge in [-0.05, 0) is 36.8 Å². The van der Waals surface area contributed by atoms with Crippen molar-refractivity contribution in [1.29, 1.82) is 0 Å². The van der Waals surface area contributed by atoms with Crippen LogP contribution < -0.4 is 0 Å². The third kappa shape index (κ3) is 3.94. The number of hydrogen-bond donors (Lipinski definition) is 0. The van der Waals surface area contributed by atoms with E-state index < -0.39 is 5.41 Å². The Bertz CT molecular complexity index is 648. The number of carbonyl (C=O) groups excluding carboxylic acids is 1. The Morgan fingerprint density at radius 1 is 1.12 bits per heavy atom. The highest BCUT2D eigenvalue weighted by molar-refractivity contribution is 5.79. The molecule has 0 amide bonds. The van der Waals surface area contributed by atoms with Crippen molar-refractivity contribution in [3.05, 3.63) is 84.4 Å². The van der Waals surface area contributed by atoms with Crippen LogP contribution in [-0.2, 0) is 16.0 Å². The van der Waals surface area contributed by atoms with E-state index in [1.807, 2.05) is 49.4 Å². The van der Waals surface area contributed by atoms with Crippen molar-refractivity contribution in [3.8, 4) is 0 Å². The lowest BCUT2D eigenvalue weighted by Crippen LogP contribution is -2.39. The molecule has 0 spiro atoms. The van der Waals surface area contributed by atoms with E-state index in [-0.39, 0.29) is 11.9 Å². The highest BCUT2D eigenvalue weighted by Crippen LogP contribution is 2.43. The first-order valence-electron chi connectivity index (χ1n) is 8.51.